The van der Waals surface area contributed by atoms with Crippen molar-refractivity contribution in [3.8, 4) is 0 Å². The van der Waals surface area contributed by atoms with Crippen LogP contribution < -0.4 is 5.32 Å². The number of carbonyl (C=O) groups excluding carboxylic acids is 1. The van der Waals surface area contributed by atoms with Crippen LogP contribution in [0.15, 0.2) is 30.5 Å². The predicted octanol–water partition coefficient (Wildman–Crippen LogP) is 3.74. The fraction of sp³-hybridized carbons (Fsp3) is 0.333. The van der Waals surface area contributed by atoms with Crippen molar-refractivity contribution in [1.29, 1.82) is 0 Å². The van der Waals surface area contributed by atoms with Gasteiger partial charge in [-0.1, -0.05) is 17.7 Å². The number of amides is 1. The summed E-state index contributed by atoms with van der Waals surface area (Å²) in [5.74, 6) is -0.0454. The van der Waals surface area contributed by atoms with E-state index in [0.29, 0.717) is 11.4 Å². The highest BCUT2D eigenvalue weighted by atomic mass is 35.5. The second kappa shape index (κ2) is 6.09. The van der Waals surface area contributed by atoms with Gasteiger partial charge in [0, 0.05) is 23.3 Å². The lowest BCUT2D eigenvalue weighted by atomic mass is 10.2. The first kappa shape index (κ1) is 14.6. The Morgan fingerprint density at radius 2 is 2.15 bits per heavy atom. The Hall–Kier alpha value is -1.81. The van der Waals surface area contributed by atoms with E-state index in [-0.39, 0.29) is 11.9 Å². The molecule has 0 saturated heterocycles. The summed E-state index contributed by atoms with van der Waals surface area (Å²) in [7, 11) is 0. The van der Waals surface area contributed by atoms with Gasteiger partial charge in [-0.25, -0.2) is 0 Å². The normalized spacial score (nSPS) is 12.2. The molecule has 0 fully saturated rings. The highest BCUT2D eigenvalue weighted by molar-refractivity contribution is 6.31. The van der Waals surface area contributed by atoms with Crippen molar-refractivity contribution in [2.24, 2.45) is 0 Å². The van der Waals surface area contributed by atoms with E-state index < -0.39 is 0 Å². The zero-order valence-corrected chi connectivity index (χ0v) is 12.6. The highest BCUT2D eigenvalue weighted by Crippen LogP contribution is 2.21. The molecule has 0 aliphatic heterocycles. The third kappa shape index (κ3) is 3.61. The monoisotopic (exact) mass is 291 g/mol. The minimum atomic E-state index is -0.0454. The molecular formula is C15H18ClN3O. The number of anilines is 1. The average Bonchev–Trinajstić information content (AvgIpc) is 2.80. The molecule has 0 unspecified atom stereocenters. The number of hydrogen-bond donors (Lipinski definition) is 1. The molecule has 1 aromatic carbocycles. The molecule has 0 spiro atoms. The van der Waals surface area contributed by atoms with E-state index in [1.54, 1.807) is 10.7 Å². The first-order chi connectivity index (χ1) is 9.45. The van der Waals surface area contributed by atoms with Crippen LogP contribution in [0.2, 0.25) is 5.02 Å². The molecule has 106 valence electrons. The lowest BCUT2D eigenvalue weighted by Crippen LogP contribution is -2.18. The zero-order valence-electron chi connectivity index (χ0n) is 11.9. The summed E-state index contributed by atoms with van der Waals surface area (Å²) in [5, 5.41) is 7.82. The van der Waals surface area contributed by atoms with Crippen LogP contribution in [0.3, 0.4) is 0 Å². The van der Waals surface area contributed by atoms with Crippen molar-refractivity contribution in [2.45, 2.75) is 33.2 Å². The quantitative estimate of drug-likeness (QED) is 0.933. The van der Waals surface area contributed by atoms with E-state index >= 15 is 0 Å². The van der Waals surface area contributed by atoms with Crippen LogP contribution in [0.1, 0.15) is 30.6 Å². The summed E-state index contributed by atoms with van der Waals surface area (Å²) in [6.45, 7) is 5.84. The SMILES string of the molecule is Cc1ccn([C@@H](C)CC(=O)Nc2cc(Cl)ccc2C)n1. The lowest BCUT2D eigenvalue weighted by Gasteiger charge is -2.13. The van der Waals surface area contributed by atoms with Crippen LogP contribution in [0.5, 0.6) is 0 Å². The van der Waals surface area contributed by atoms with E-state index in [1.165, 1.54) is 0 Å². The van der Waals surface area contributed by atoms with Gasteiger partial charge < -0.3 is 5.32 Å². The van der Waals surface area contributed by atoms with E-state index in [2.05, 4.69) is 10.4 Å². The maximum absolute atomic E-state index is 12.1. The molecule has 0 radical (unpaired) electrons. The molecule has 1 N–H and O–H groups in total. The minimum Gasteiger partial charge on any atom is -0.326 e. The molecule has 2 aromatic rings. The van der Waals surface area contributed by atoms with Gasteiger partial charge in [0.1, 0.15) is 0 Å². The Morgan fingerprint density at radius 1 is 1.40 bits per heavy atom. The van der Waals surface area contributed by atoms with Gasteiger partial charge in [0.2, 0.25) is 5.91 Å². The van der Waals surface area contributed by atoms with Gasteiger partial charge in [-0.15, -0.1) is 0 Å². The van der Waals surface area contributed by atoms with Crippen LogP contribution in [0.4, 0.5) is 5.69 Å². The van der Waals surface area contributed by atoms with Crippen molar-refractivity contribution >= 4 is 23.2 Å². The van der Waals surface area contributed by atoms with Crippen LogP contribution in [0, 0.1) is 13.8 Å². The van der Waals surface area contributed by atoms with Gasteiger partial charge in [-0.2, -0.15) is 5.10 Å². The maximum Gasteiger partial charge on any atom is 0.226 e. The molecule has 1 atom stereocenters. The Kier molecular flexibility index (Phi) is 4.45. The molecule has 4 nitrogen and oxygen atoms in total. The van der Waals surface area contributed by atoms with Gasteiger partial charge in [0.05, 0.1) is 11.7 Å². The van der Waals surface area contributed by atoms with E-state index in [0.717, 1.165) is 16.9 Å². The average molecular weight is 292 g/mol. The third-order valence-corrected chi connectivity index (χ3v) is 3.38. The van der Waals surface area contributed by atoms with Gasteiger partial charge >= 0.3 is 0 Å². The standard InChI is InChI=1S/C15H18ClN3O/c1-10-4-5-13(16)9-14(10)17-15(20)8-12(3)19-7-6-11(2)18-19/h4-7,9,12H,8H2,1-3H3,(H,17,20)/t12-/m0/s1. The molecule has 20 heavy (non-hydrogen) atoms. The number of aromatic nitrogens is 2. The highest BCUT2D eigenvalue weighted by Gasteiger charge is 2.12. The molecule has 5 heteroatoms. The molecule has 0 saturated carbocycles. The van der Waals surface area contributed by atoms with E-state index in [1.807, 2.05) is 45.2 Å². The van der Waals surface area contributed by atoms with Crippen molar-refractivity contribution in [1.82, 2.24) is 9.78 Å². The van der Waals surface area contributed by atoms with Crippen LogP contribution in [-0.2, 0) is 4.79 Å². The zero-order chi connectivity index (χ0) is 14.7. The van der Waals surface area contributed by atoms with Crippen molar-refractivity contribution in [2.75, 3.05) is 5.32 Å². The van der Waals surface area contributed by atoms with E-state index in [4.69, 9.17) is 11.6 Å². The van der Waals surface area contributed by atoms with Crippen molar-refractivity contribution in [3.63, 3.8) is 0 Å². The molecule has 0 bridgehead atoms. The fourth-order valence-corrected chi connectivity index (χ4v) is 2.14. The maximum atomic E-state index is 12.1. The summed E-state index contributed by atoms with van der Waals surface area (Å²) in [6.07, 6.45) is 2.25. The third-order valence-electron chi connectivity index (χ3n) is 3.15. The number of halogens is 1. The summed E-state index contributed by atoms with van der Waals surface area (Å²) >= 11 is 5.94. The molecule has 0 aliphatic rings. The molecule has 2 rings (SSSR count). The van der Waals surface area contributed by atoms with Gasteiger partial charge in [-0.05, 0) is 44.5 Å². The number of nitrogens with zero attached hydrogens (tertiary/aromatic N) is 2. The Bertz CT molecular complexity index is 621. The number of benzene rings is 1. The summed E-state index contributed by atoms with van der Waals surface area (Å²) in [6, 6.07) is 7.40. The Balaban J connectivity index is 2.00. The summed E-state index contributed by atoms with van der Waals surface area (Å²) in [4.78, 5) is 12.1. The first-order valence-electron chi connectivity index (χ1n) is 6.53. The van der Waals surface area contributed by atoms with Crippen LogP contribution in [0.25, 0.3) is 0 Å². The van der Waals surface area contributed by atoms with Crippen LogP contribution >= 0.6 is 11.6 Å². The minimum absolute atomic E-state index is 0.0168. The fourth-order valence-electron chi connectivity index (χ4n) is 1.97. The molecule has 1 aromatic heterocycles. The van der Waals surface area contributed by atoms with E-state index in [9.17, 15) is 4.79 Å². The topological polar surface area (TPSA) is 46.9 Å². The van der Waals surface area contributed by atoms with Crippen molar-refractivity contribution in [3.05, 3.63) is 46.7 Å². The van der Waals surface area contributed by atoms with Gasteiger partial charge in [-0.3, -0.25) is 9.48 Å². The van der Waals surface area contributed by atoms with Crippen molar-refractivity contribution < 1.29 is 4.79 Å². The molecular weight excluding hydrogens is 274 g/mol. The predicted molar refractivity (Wildman–Crippen MR) is 81.1 cm³/mol. The first-order valence-corrected chi connectivity index (χ1v) is 6.91. The number of nitrogens with one attached hydrogen (secondary N) is 1. The second-order valence-corrected chi connectivity index (χ2v) is 5.43. The summed E-state index contributed by atoms with van der Waals surface area (Å²) in [5.41, 5.74) is 2.69. The summed E-state index contributed by atoms with van der Waals surface area (Å²) < 4.78 is 1.81. The molecule has 0 aliphatic carbocycles. The number of hydrogen-bond acceptors (Lipinski definition) is 2. The number of carbonyl (C=O) groups is 1. The lowest BCUT2D eigenvalue weighted by molar-refractivity contribution is -0.116. The number of rotatable bonds is 4. The molecule has 1 amide bonds. The largest absolute Gasteiger partial charge is 0.326 e. The second-order valence-electron chi connectivity index (χ2n) is 5.00. The molecule has 1 heterocycles. The smallest absolute Gasteiger partial charge is 0.226 e. The van der Waals surface area contributed by atoms with Crippen LogP contribution in [-0.4, -0.2) is 15.7 Å². The van der Waals surface area contributed by atoms with Gasteiger partial charge in [0.25, 0.3) is 0 Å². The van der Waals surface area contributed by atoms with Gasteiger partial charge in [0.15, 0.2) is 0 Å². The Labute approximate surface area is 123 Å². The number of aryl methyl sites for hydroxylation is 2. The Morgan fingerprint density at radius 3 is 2.80 bits per heavy atom.